The van der Waals surface area contributed by atoms with E-state index in [0.29, 0.717) is 18.0 Å². The Labute approximate surface area is 97.1 Å². The van der Waals surface area contributed by atoms with Crippen molar-refractivity contribution in [3.05, 3.63) is 22.4 Å². The van der Waals surface area contributed by atoms with E-state index in [1.807, 2.05) is 11.3 Å². The van der Waals surface area contributed by atoms with E-state index in [4.69, 9.17) is 5.73 Å². The maximum atomic E-state index is 5.71. The van der Waals surface area contributed by atoms with Crippen LogP contribution in [0.25, 0.3) is 0 Å². The van der Waals surface area contributed by atoms with Gasteiger partial charge in [0.05, 0.1) is 0 Å². The molecule has 1 rings (SSSR count). The molecular weight excluding hydrogens is 204 g/mol. The number of thiophene rings is 1. The Morgan fingerprint density at radius 3 is 2.53 bits per heavy atom. The molecule has 3 heteroatoms. The molecule has 0 aliphatic heterocycles. The Kier molecular flexibility index (Phi) is 4.77. The minimum absolute atomic E-state index is 0.481. The number of rotatable bonds is 5. The van der Waals surface area contributed by atoms with Gasteiger partial charge in [-0.25, -0.2) is 0 Å². The van der Waals surface area contributed by atoms with Crippen LogP contribution >= 0.6 is 11.3 Å². The molecule has 0 saturated carbocycles. The van der Waals surface area contributed by atoms with E-state index in [1.165, 1.54) is 4.88 Å². The molecule has 1 aromatic heterocycles. The van der Waals surface area contributed by atoms with Crippen LogP contribution in [0.2, 0.25) is 0 Å². The first-order valence-electron chi connectivity index (χ1n) is 5.53. The summed E-state index contributed by atoms with van der Waals surface area (Å²) in [5.41, 5.74) is 5.71. The Morgan fingerprint density at radius 1 is 1.40 bits per heavy atom. The van der Waals surface area contributed by atoms with Gasteiger partial charge in [-0.3, -0.25) is 4.90 Å². The topological polar surface area (TPSA) is 29.3 Å². The van der Waals surface area contributed by atoms with Crippen LogP contribution in [0.5, 0.6) is 0 Å². The van der Waals surface area contributed by atoms with E-state index in [-0.39, 0.29) is 0 Å². The molecule has 86 valence electrons. The maximum absolute atomic E-state index is 5.71. The van der Waals surface area contributed by atoms with Crippen molar-refractivity contribution in [2.45, 2.75) is 32.9 Å². The zero-order valence-electron chi connectivity index (χ0n) is 10.1. The summed E-state index contributed by atoms with van der Waals surface area (Å²) in [4.78, 5) is 3.83. The van der Waals surface area contributed by atoms with E-state index in [2.05, 4.69) is 50.2 Å². The van der Waals surface area contributed by atoms with Gasteiger partial charge in [0.25, 0.3) is 0 Å². The van der Waals surface area contributed by atoms with E-state index in [0.717, 1.165) is 6.54 Å². The second-order valence-corrected chi connectivity index (χ2v) is 5.29. The first kappa shape index (κ1) is 12.7. The molecule has 1 heterocycles. The molecule has 0 aliphatic carbocycles. The van der Waals surface area contributed by atoms with Crippen LogP contribution in [0.3, 0.4) is 0 Å². The van der Waals surface area contributed by atoms with E-state index < -0.39 is 0 Å². The molecule has 15 heavy (non-hydrogen) atoms. The minimum Gasteiger partial charge on any atom is -0.330 e. The number of nitrogens with zero attached hydrogens (tertiary/aromatic N) is 1. The molecule has 2 N–H and O–H groups in total. The molecule has 2 nitrogen and oxygen atoms in total. The van der Waals surface area contributed by atoms with Gasteiger partial charge >= 0.3 is 0 Å². The fourth-order valence-corrected chi connectivity index (χ4v) is 2.52. The van der Waals surface area contributed by atoms with Crippen LogP contribution < -0.4 is 5.73 Å². The highest BCUT2D eigenvalue weighted by molar-refractivity contribution is 7.10. The number of hydrogen-bond acceptors (Lipinski definition) is 3. The molecule has 0 radical (unpaired) electrons. The van der Waals surface area contributed by atoms with E-state index in [9.17, 15) is 0 Å². The fraction of sp³-hybridized carbons (Fsp3) is 0.667. The summed E-state index contributed by atoms with van der Waals surface area (Å²) >= 11 is 1.82. The van der Waals surface area contributed by atoms with Gasteiger partial charge in [-0.15, -0.1) is 11.3 Å². The zero-order chi connectivity index (χ0) is 11.4. The lowest BCUT2D eigenvalue weighted by Crippen LogP contribution is -2.38. The molecule has 0 bridgehead atoms. The highest BCUT2D eigenvalue weighted by atomic mass is 32.1. The predicted octanol–water partition coefficient (Wildman–Crippen LogP) is 2.72. The average molecular weight is 226 g/mol. The van der Waals surface area contributed by atoms with Crippen LogP contribution in [-0.4, -0.2) is 24.5 Å². The van der Waals surface area contributed by atoms with Crippen molar-refractivity contribution in [2.75, 3.05) is 13.6 Å². The van der Waals surface area contributed by atoms with Crippen LogP contribution in [0.15, 0.2) is 17.5 Å². The molecule has 3 unspecified atom stereocenters. The number of nitrogens with two attached hydrogens (primary N) is 1. The third-order valence-corrected chi connectivity index (χ3v) is 4.45. The third kappa shape index (κ3) is 3.03. The standard InChI is InChI=1S/C12H22N2S/c1-9(8-13)10(2)14(4)11(3)12-6-5-7-15-12/h5-7,9-11H,8,13H2,1-4H3. The number of hydrogen-bond donors (Lipinski definition) is 1. The lowest BCUT2D eigenvalue weighted by molar-refractivity contribution is 0.156. The van der Waals surface area contributed by atoms with Crippen molar-refractivity contribution in [2.24, 2.45) is 11.7 Å². The summed E-state index contributed by atoms with van der Waals surface area (Å²) in [5.74, 6) is 0.539. The summed E-state index contributed by atoms with van der Waals surface area (Å²) in [7, 11) is 2.18. The molecule has 0 aromatic carbocycles. The second-order valence-electron chi connectivity index (χ2n) is 4.31. The summed E-state index contributed by atoms with van der Waals surface area (Å²) < 4.78 is 0. The van der Waals surface area contributed by atoms with Gasteiger partial charge in [0.1, 0.15) is 0 Å². The smallest absolute Gasteiger partial charge is 0.0413 e. The monoisotopic (exact) mass is 226 g/mol. The molecule has 0 spiro atoms. The molecule has 0 saturated heterocycles. The molecule has 0 amide bonds. The summed E-state index contributed by atoms with van der Waals surface area (Å²) in [6.07, 6.45) is 0. The molecular formula is C12H22N2S. The summed E-state index contributed by atoms with van der Waals surface area (Å²) in [6, 6.07) is 5.31. The quantitative estimate of drug-likeness (QED) is 0.836. The first-order chi connectivity index (χ1) is 7.07. The fourth-order valence-electron chi connectivity index (χ4n) is 1.68. The molecule has 3 atom stereocenters. The summed E-state index contributed by atoms with van der Waals surface area (Å²) in [6.45, 7) is 7.47. The van der Waals surface area contributed by atoms with Gasteiger partial charge in [0, 0.05) is 17.0 Å². The van der Waals surface area contributed by atoms with Gasteiger partial charge < -0.3 is 5.73 Å². The van der Waals surface area contributed by atoms with Crippen molar-refractivity contribution in [1.29, 1.82) is 0 Å². The summed E-state index contributed by atoms with van der Waals surface area (Å²) in [5, 5.41) is 2.14. The van der Waals surface area contributed by atoms with Crippen molar-refractivity contribution in [3.8, 4) is 0 Å². The lowest BCUT2D eigenvalue weighted by atomic mass is 10.0. The first-order valence-corrected chi connectivity index (χ1v) is 6.41. The van der Waals surface area contributed by atoms with E-state index >= 15 is 0 Å². The van der Waals surface area contributed by atoms with E-state index in [1.54, 1.807) is 0 Å². The van der Waals surface area contributed by atoms with Gasteiger partial charge in [0.2, 0.25) is 0 Å². The Balaban J connectivity index is 2.64. The highest BCUT2D eigenvalue weighted by Crippen LogP contribution is 2.26. The SMILES string of the molecule is CC(CN)C(C)N(C)C(C)c1cccs1. The highest BCUT2D eigenvalue weighted by Gasteiger charge is 2.21. The Bertz CT molecular complexity index is 271. The average Bonchev–Trinajstić information content (AvgIpc) is 2.78. The van der Waals surface area contributed by atoms with Crippen molar-refractivity contribution < 1.29 is 0 Å². The van der Waals surface area contributed by atoms with Crippen molar-refractivity contribution in [3.63, 3.8) is 0 Å². The predicted molar refractivity (Wildman–Crippen MR) is 68.2 cm³/mol. The van der Waals surface area contributed by atoms with Crippen molar-refractivity contribution in [1.82, 2.24) is 4.90 Å². The van der Waals surface area contributed by atoms with Gasteiger partial charge in [-0.2, -0.15) is 0 Å². The Morgan fingerprint density at radius 2 is 2.07 bits per heavy atom. The van der Waals surface area contributed by atoms with Gasteiger partial charge in [-0.1, -0.05) is 13.0 Å². The second kappa shape index (κ2) is 5.64. The Hall–Kier alpha value is -0.380. The van der Waals surface area contributed by atoms with Crippen LogP contribution in [0, 0.1) is 5.92 Å². The van der Waals surface area contributed by atoms with Gasteiger partial charge in [-0.05, 0) is 44.8 Å². The molecule has 1 aromatic rings. The largest absolute Gasteiger partial charge is 0.330 e. The van der Waals surface area contributed by atoms with Crippen LogP contribution in [0.4, 0.5) is 0 Å². The lowest BCUT2D eigenvalue weighted by Gasteiger charge is -2.33. The minimum atomic E-state index is 0.481. The molecule has 0 aliphatic rings. The molecule has 0 fully saturated rings. The van der Waals surface area contributed by atoms with Gasteiger partial charge in [0.15, 0.2) is 0 Å². The zero-order valence-corrected chi connectivity index (χ0v) is 10.9. The maximum Gasteiger partial charge on any atom is 0.0413 e. The van der Waals surface area contributed by atoms with Crippen molar-refractivity contribution >= 4 is 11.3 Å². The van der Waals surface area contributed by atoms with Crippen LogP contribution in [-0.2, 0) is 0 Å². The van der Waals surface area contributed by atoms with Crippen LogP contribution in [0.1, 0.15) is 31.7 Å². The normalized spacial score (nSPS) is 17.7. The third-order valence-electron chi connectivity index (χ3n) is 3.40.